The van der Waals surface area contributed by atoms with Crippen molar-refractivity contribution in [2.75, 3.05) is 26.8 Å². The molecule has 2 N–H and O–H groups in total. The predicted octanol–water partition coefficient (Wildman–Crippen LogP) is 1.58. The Labute approximate surface area is 131 Å². The zero-order chi connectivity index (χ0) is 14.7. The van der Waals surface area contributed by atoms with E-state index in [1.807, 2.05) is 0 Å². The van der Waals surface area contributed by atoms with E-state index < -0.39 is 0 Å². The van der Waals surface area contributed by atoms with Crippen molar-refractivity contribution in [2.24, 2.45) is 5.73 Å². The SMILES string of the molecule is COc1ccc(C(=O)N2CCOC(C(N)=S)C2)cc1Br. The van der Waals surface area contributed by atoms with E-state index in [4.69, 9.17) is 27.4 Å². The van der Waals surface area contributed by atoms with Crippen LogP contribution < -0.4 is 10.5 Å². The number of thiocarbonyl (C=S) groups is 1. The Morgan fingerprint density at radius 2 is 2.35 bits per heavy atom. The summed E-state index contributed by atoms with van der Waals surface area (Å²) in [5.74, 6) is 0.613. The third-order valence-electron chi connectivity index (χ3n) is 3.07. The van der Waals surface area contributed by atoms with Gasteiger partial charge in [0.1, 0.15) is 16.8 Å². The lowest BCUT2D eigenvalue weighted by molar-refractivity contribution is 0.00878. The summed E-state index contributed by atoms with van der Waals surface area (Å²) in [6.45, 7) is 1.35. The van der Waals surface area contributed by atoms with E-state index in [-0.39, 0.29) is 17.0 Å². The fourth-order valence-corrected chi connectivity index (χ4v) is 2.67. The van der Waals surface area contributed by atoms with E-state index in [2.05, 4.69) is 15.9 Å². The second kappa shape index (κ2) is 6.51. The molecule has 1 amide bonds. The van der Waals surface area contributed by atoms with Crippen LogP contribution in [0.1, 0.15) is 10.4 Å². The molecule has 0 spiro atoms. The molecule has 20 heavy (non-hydrogen) atoms. The number of hydrogen-bond acceptors (Lipinski definition) is 4. The Kier molecular flexibility index (Phi) is 4.95. The molecule has 0 radical (unpaired) electrons. The van der Waals surface area contributed by atoms with Crippen LogP contribution in [0.5, 0.6) is 5.75 Å². The average molecular weight is 359 g/mol. The molecule has 0 aliphatic carbocycles. The van der Waals surface area contributed by atoms with E-state index in [9.17, 15) is 4.79 Å². The minimum Gasteiger partial charge on any atom is -0.496 e. The zero-order valence-electron chi connectivity index (χ0n) is 11.0. The molecule has 1 unspecified atom stereocenters. The lowest BCUT2D eigenvalue weighted by Gasteiger charge is -2.32. The molecule has 1 fully saturated rings. The van der Waals surface area contributed by atoms with Crippen LogP contribution in [0, 0.1) is 0 Å². The monoisotopic (exact) mass is 358 g/mol. The van der Waals surface area contributed by atoms with Gasteiger partial charge in [0.25, 0.3) is 5.91 Å². The van der Waals surface area contributed by atoms with Gasteiger partial charge in [0, 0.05) is 12.1 Å². The highest BCUT2D eigenvalue weighted by Crippen LogP contribution is 2.26. The van der Waals surface area contributed by atoms with Gasteiger partial charge in [0.15, 0.2) is 0 Å². The minimum absolute atomic E-state index is 0.0714. The maximum absolute atomic E-state index is 12.4. The summed E-state index contributed by atoms with van der Waals surface area (Å²) in [6, 6.07) is 5.23. The van der Waals surface area contributed by atoms with Crippen LogP contribution in [0.25, 0.3) is 0 Å². The zero-order valence-corrected chi connectivity index (χ0v) is 13.4. The first-order chi connectivity index (χ1) is 9.52. The number of nitrogens with zero attached hydrogens (tertiary/aromatic N) is 1. The number of rotatable bonds is 3. The molecule has 2 rings (SSSR count). The Hall–Kier alpha value is -1.18. The van der Waals surface area contributed by atoms with Crippen LogP contribution in [0.15, 0.2) is 22.7 Å². The van der Waals surface area contributed by atoms with Gasteiger partial charge in [-0.3, -0.25) is 4.79 Å². The third kappa shape index (κ3) is 3.28. The molecule has 0 saturated carbocycles. The van der Waals surface area contributed by atoms with Crippen LogP contribution in [0.2, 0.25) is 0 Å². The molecule has 1 aliphatic rings. The molecule has 1 atom stereocenters. The molecule has 1 heterocycles. The molecule has 7 heteroatoms. The smallest absolute Gasteiger partial charge is 0.254 e. The van der Waals surface area contributed by atoms with Gasteiger partial charge in [-0.25, -0.2) is 0 Å². The van der Waals surface area contributed by atoms with Crippen LogP contribution in [-0.4, -0.2) is 48.7 Å². The van der Waals surface area contributed by atoms with Gasteiger partial charge in [-0.05, 0) is 34.1 Å². The number of carbonyl (C=O) groups is 1. The highest BCUT2D eigenvalue weighted by atomic mass is 79.9. The topological polar surface area (TPSA) is 64.8 Å². The molecule has 108 valence electrons. The maximum atomic E-state index is 12.4. The van der Waals surface area contributed by atoms with Gasteiger partial charge in [0.2, 0.25) is 0 Å². The third-order valence-corrected chi connectivity index (χ3v) is 3.95. The number of hydrogen-bond donors (Lipinski definition) is 1. The van der Waals surface area contributed by atoms with Crippen LogP contribution in [0.4, 0.5) is 0 Å². The highest BCUT2D eigenvalue weighted by molar-refractivity contribution is 9.10. The Morgan fingerprint density at radius 1 is 1.60 bits per heavy atom. The number of morpholine rings is 1. The lowest BCUT2D eigenvalue weighted by atomic mass is 10.1. The van der Waals surface area contributed by atoms with Crippen LogP contribution >= 0.6 is 28.1 Å². The van der Waals surface area contributed by atoms with Gasteiger partial charge in [0.05, 0.1) is 24.7 Å². The summed E-state index contributed by atoms with van der Waals surface area (Å²) in [4.78, 5) is 14.4. The van der Waals surface area contributed by atoms with E-state index in [1.54, 1.807) is 30.2 Å². The van der Waals surface area contributed by atoms with E-state index in [1.165, 1.54) is 0 Å². The minimum atomic E-state index is -0.371. The fourth-order valence-electron chi connectivity index (χ4n) is 1.99. The number of halogens is 1. The Bertz CT molecular complexity index is 538. The normalized spacial score (nSPS) is 18.7. The van der Waals surface area contributed by atoms with Gasteiger partial charge in [-0.2, -0.15) is 0 Å². The molecular weight excluding hydrogens is 344 g/mol. The first-order valence-electron chi connectivity index (χ1n) is 6.06. The highest BCUT2D eigenvalue weighted by Gasteiger charge is 2.26. The van der Waals surface area contributed by atoms with Crippen molar-refractivity contribution in [3.8, 4) is 5.75 Å². The number of nitrogens with two attached hydrogens (primary N) is 1. The van der Waals surface area contributed by atoms with E-state index in [0.717, 1.165) is 4.47 Å². The summed E-state index contributed by atoms with van der Waals surface area (Å²) in [5, 5.41) is 0. The van der Waals surface area contributed by atoms with Crippen LogP contribution in [-0.2, 0) is 4.74 Å². The standard InChI is InChI=1S/C13H15BrN2O3S/c1-18-10-3-2-8(6-9(10)14)13(17)16-4-5-19-11(7-16)12(15)20/h2-3,6,11H,4-5,7H2,1H3,(H2,15,20). The molecule has 1 aliphatic heterocycles. The predicted molar refractivity (Wildman–Crippen MR) is 83.1 cm³/mol. The maximum Gasteiger partial charge on any atom is 0.254 e. The summed E-state index contributed by atoms with van der Waals surface area (Å²) in [6.07, 6.45) is -0.371. The lowest BCUT2D eigenvalue weighted by Crippen LogP contribution is -2.49. The molecule has 0 bridgehead atoms. The van der Waals surface area contributed by atoms with Gasteiger partial charge < -0.3 is 20.1 Å². The van der Waals surface area contributed by atoms with E-state index in [0.29, 0.717) is 31.0 Å². The van der Waals surface area contributed by atoms with Gasteiger partial charge >= 0.3 is 0 Å². The molecule has 1 aromatic rings. The van der Waals surface area contributed by atoms with Crippen molar-refractivity contribution in [3.63, 3.8) is 0 Å². The number of amides is 1. The van der Waals surface area contributed by atoms with Gasteiger partial charge in [-0.15, -0.1) is 0 Å². The number of methoxy groups -OCH3 is 1. The van der Waals surface area contributed by atoms with Crippen molar-refractivity contribution in [1.29, 1.82) is 0 Å². The van der Waals surface area contributed by atoms with Gasteiger partial charge in [-0.1, -0.05) is 12.2 Å². The molecular formula is C13H15BrN2O3S. The second-order valence-electron chi connectivity index (χ2n) is 4.36. The number of carbonyl (C=O) groups excluding carboxylic acids is 1. The van der Waals surface area contributed by atoms with E-state index >= 15 is 0 Å². The number of ether oxygens (including phenoxy) is 2. The summed E-state index contributed by atoms with van der Waals surface area (Å²) < 4.78 is 11.3. The van der Waals surface area contributed by atoms with Crippen LogP contribution in [0.3, 0.4) is 0 Å². The number of benzene rings is 1. The fraction of sp³-hybridized carbons (Fsp3) is 0.385. The van der Waals surface area contributed by atoms with Crippen molar-refractivity contribution >= 4 is 39.0 Å². The first kappa shape index (κ1) is 15.2. The molecule has 5 nitrogen and oxygen atoms in total. The Morgan fingerprint density at radius 3 is 2.95 bits per heavy atom. The summed E-state index contributed by atoms with van der Waals surface area (Å²) in [5.41, 5.74) is 6.16. The molecule has 0 aromatic heterocycles. The Balaban J connectivity index is 2.14. The molecule has 1 saturated heterocycles. The summed E-state index contributed by atoms with van der Waals surface area (Å²) >= 11 is 8.29. The van der Waals surface area contributed by atoms with Crippen molar-refractivity contribution < 1.29 is 14.3 Å². The van der Waals surface area contributed by atoms with Crippen molar-refractivity contribution in [2.45, 2.75) is 6.10 Å². The average Bonchev–Trinajstić information content (AvgIpc) is 2.46. The van der Waals surface area contributed by atoms with Crippen molar-refractivity contribution in [3.05, 3.63) is 28.2 Å². The molecule has 1 aromatic carbocycles. The summed E-state index contributed by atoms with van der Waals surface area (Å²) in [7, 11) is 1.58. The first-order valence-corrected chi connectivity index (χ1v) is 7.26. The van der Waals surface area contributed by atoms with Crippen molar-refractivity contribution in [1.82, 2.24) is 4.90 Å². The second-order valence-corrected chi connectivity index (χ2v) is 5.69. The largest absolute Gasteiger partial charge is 0.496 e. The quantitative estimate of drug-likeness (QED) is 0.831.